The Hall–Kier alpha value is -3.32. The topological polar surface area (TPSA) is 84.5 Å². The monoisotopic (exact) mass is 396 g/mol. The van der Waals surface area contributed by atoms with E-state index >= 15 is 0 Å². The minimum atomic E-state index is -3.85. The van der Waals surface area contributed by atoms with Crippen molar-refractivity contribution in [3.8, 4) is 5.75 Å². The number of aryl methyl sites for hydroxylation is 1. The molecule has 3 aromatic rings. The summed E-state index contributed by atoms with van der Waals surface area (Å²) in [6.45, 7) is 1.76. The van der Waals surface area contributed by atoms with Crippen molar-refractivity contribution in [1.29, 1.82) is 0 Å². The van der Waals surface area contributed by atoms with Crippen LogP contribution in [0.25, 0.3) is 0 Å². The van der Waals surface area contributed by atoms with Gasteiger partial charge >= 0.3 is 0 Å². The summed E-state index contributed by atoms with van der Waals surface area (Å²) in [4.78, 5) is 12.6. The Kier molecular flexibility index (Phi) is 5.65. The number of amides is 1. The molecule has 144 valence electrons. The third kappa shape index (κ3) is 4.50. The van der Waals surface area contributed by atoms with Crippen LogP contribution in [0.2, 0.25) is 0 Å². The fourth-order valence-electron chi connectivity index (χ4n) is 2.61. The number of carbonyl (C=O) groups is 1. The predicted molar refractivity (Wildman–Crippen MR) is 109 cm³/mol. The first-order chi connectivity index (χ1) is 13.4. The molecule has 7 heteroatoms. The van der Waals surface area contributed by atoms with Gasteiger partial charge in [0.15, 0.2) is 0 Å². The maximum absolute atomic E-state index is 12.7. The lowest BCUT2D eigenvalue weighted by Crippen LogP contribution is -2.17. The van der Waals surface area contributed by atoms with Gasteiger partial charge in [-0.2, -0.15) is 0 Å². The highest BCUT2D eigenvalue weighted by molar-refractivity contribution is 7.92. The summed E-state index contributed by atoms with van der Waals surface area (Å²) < 4.78 is 33.0. The van der Waals surface area contributed by atoms with Crippen LogP contribution in [0.5, 0.6) is 5.75 Å². The molecule has 0 atom stereocenters. The molecule has 0 aliphatic rings. The van der Waals surface area contributed by atoms with Gasteiger partial charge in [0.2, 0.25) is 0 Å². The van der Waals surface area contributed by atoms with Crippen molar-refractivity contribution in [3.05, 3.63) is 83.9 Å². The summed E-state index contributed by atoms with van der Waals surface area (Å²) in [6.07, 6.45) is 0. The Morgan fingerprint density at radius 2 is 1.57 bits per heavy atom. The SMILES string of the molecule is COc1ccc(NS(=O)(=O)c2ccc(C)c(C(=O)Nc3ccccc3)c2)cc1. The average Bonchev–Trinajstić information content (AvgIpc) is 2.69. The minimum Gasteiger partial charge on any atom is -0.497 e. The maximum Gasteiger partial charge on any atom is 0.261 e. The van der Waals surface area contributed by atoms with Gasteiger partial charge in [0.05, 0.1) is 12.0 Å². The Morgan fingerprint density at radius 3 is 2.21 bits per heavy atom. The number of hydrogen-bond acceptors (Lipinski definition) is 4. The van der Waals surface area contributed by atoms with E-state index in [0.717, 1.165) is 0 Å². The molecule has 0 aromatic heterocycles. The number of rotatable bonds is 6. The molecule has 3 rings (SSSR count). The Balaban J connectivity index is 1.85. The second kappa shape index (κ2) is 8.14. The average molecular weight is 396 g/mol. The van der Waals surface area contributed by atoms with E-state index in [0.29, 0.717) is 28.3 Å². The standard InChI is InChI=1S/C21H20N2O4S/c1-15-8-13-19(14-20(15)21(24)22-16-6-4-3-5-7-16)28(25,26)23-17-9-11-18(27-2)12-10-17/h3-14,23H,1-2H3,(H,22,24). The predicted octanol–water partition coefficient (Wildman–Crippen LogP) is 4.06. The van der Waals surface area contributed by atoms with Crippen LogP contribution in [0.4, 0.5) is 11.4 Å². The number of anilines is 2. The van der Waals surface area contributed by atoms with E-state index < -0.39 is 10.0 Å². The van der Waals surface area contributed by atoms with Crippen molar-refractivity contribution >= 4 is 27.3 Å². The summed E-state index contributed by atoms with van der Waals surface area (Å²) >= 11 is 0. The van der Waals surface area contributed by atoms with E-state index in [2.05, 4.69) is 10.0 Å². The quantitative estimate of drug-likeness (QED) is 0.658. The number of methoxy groups -OCH3 is 1. The Morgan fingerprint density at radius 1 is 0.893 bits per heavy atom. The van der Waals surface area contributed by atoms with Gasteiger partial charge in [0.1, 0.15) is 5.75 Å². The zero-order valence-electron chi connectivity index (χ0n) is 15.5. The van der Waals surface area contributed by atoms with E-state index in [1.807, 2.05) is 18.2 Å². The molecule has 0 heterocycles. The molecule has 0 unspecified atom stereocenters. The van der Waals surface area contributed by atoms with Crippen LogP contribution in [0.3, 0.4) is 0 Å². The third-order valence-corrected chi connectivity index (χ3v) is 5.52. The first-order valence-electron chi connectivity index (χ1n) is 8.53. The van der Waals surface area contributed by atoms with Gasteiger partial charge in [-0.05, 0) is 61.0 Å². The van der Waals surface area contributed by atoms with Crippen LogP contribution in [-0.4, -0.2) is 21.4 Å². The molecule has 0 aliphatic heterocycles. The van der Waals surface area contributed by atoms with Crippen LogP contribution < -0.4 is 14.8 Å². The molecule has 2 N–H and O–H groups in total. The van der Waals surface area contributed by atoms with Crippen molar-refractivity contribution < 1.29 is 17.9 Å². The lowest BCUT2D eigenvalue weighted by atomic mass is 10.1. The summed E-state index contributed by atoms with van der Waals surface area (Å²) in [7, 11) is -2.31. The second-order valence-electron chi connectivity index (χ2n) is 6.13. The number of para-hydroxylation sites is 1. The summed E-state index contributed by atoms with van der Waals surface area (Å²) in [6, 6.07) is 20.0. The third-order valence-electron chi connectivity index (χ3n) is 4.14. The van der Waals surface area contributed by atoms with Crippen molar-refractivity contribution in [1.82, 2.24) is 0 Å². The smallest absolute Gasteiger partial charge is 0.261 e. The molecular weight excluding hydrogens is 376 g/mol. The van der Waals surface area contributed by atoms with Crippen LogP contribution >= 0.6 is 0 Å². The highest BCUT2D eigenvalue weighted by Gasteiger charge is 2.18. The van der Waals surface area contributed by atoms with Gasteiger partial charge in [-0.15, -0.1) is 0 Å². The number of benzene rings is 3. The van der Waals surface area contributed by atoms with Gasteiger partial charge < -0.3 is 10.1 Å². The van der Waals surface area contributed by atoms with Crippen LogP contribution in [-0.2, 0) is 10.0 Å². The maximum atomic E-state index is 12.7. The van der Waals surface area contributed by atoms with Crippen molar-refractivity contribution in [2.45, 2.75) is 11.8 Å². The van der Waals surface area contributed by atoms with Gasteiger partial charge in [-0.1, -0.05) is 24.3 Å². The molecule has 1 amide bonds. The Bertz CT molecular complexity index is 1080. The number of sulfonamides is 1. The molecule has 28 heavy (non-hydrogen) atoms. The largest absolute Gasteiger partial charge is 0.497 e. The number of carbonyl (C=O) groups excluding carboxylic acids is 1. The summed E-state index contributed by atoms with van der Waals surface area (Å²) in [5.74, 6) is 0.253. The fourth-order valence-corrected chi connectivity index (χ4v) is 3.69. The molecule has 0 spiro atoms. The van der Waals surface area contributed by atoms with Gasteiger partial charge in [0.25, 0.3) is 15.9 Å². The molecule has 3 aromatic carbocycles. The van der Waals surface area contributed by atoms with Crippen LogP contribution in [0.1, 0.15) is 15.9 Å². The molecule has 6 nitrogen and oxygen atoms in total. The highest BCUT2D eigenvalue weighted by Crippen LogP contribution is 2.22. The van der Waals surface area contributed by atoms with E-state index in [1.54, 1.807) is 49.4 Å². The molecule has 0 saturated carbocycles. The van der Waals surface area contributed by atoms with Gasteiger partial charge in [-0.25, -0.2) is 8.42 Å². The molecule has 0 bridgehead atoms. The first kappa shape index (κ1) is 19.4. The van der Waals surface area contributed by atoms with E-state index in [4.69, 9.17) is 4.74 Å². The van der Waals surface area contributed by atoms with Gasteiger partial charge in [0, 0.05) is 16.9 Å². The zero-order chi connectivity index (χ0) is 20.1. The first-order valence-corrected chi connectivity index (χ1v) is 10.0. The lowest BCUT2D eigenvalue weighted by Gasteiger charge is -2.12. The second-order valence-corrected chi connectivity index (χ2v) is 7.81. The van der Waals surface area contributed by atoms with E-state index in [9.17, 15) is 13.2 Å². The van der Waals surface area contributed by atoms with E-state index in [-0.39, 0.29) is 10.8 Å². The van der Waals surface area contributed by atoms with Crippen molar-refractivity contribution in [2.24, 2.45) is 0 Å². The molecule has 0 fully saturated rings. The summed E-state index contributed by atoms with van der Waals surface area (Å²) in [5.41, 5.74) is 2.01. The molecule has 0 radical (unpaired) electrons. The minimum absolute atomic E-state index is 0.00660. The molecule has 0 saturated heterocycles. The number of hydrogen-bond donors (Lipinski definition) is 2. The fraction of sp³-hybridized carbons (Fsp3) is 0.0952. The highest BCUT2D eigenvalue weighted by atomic mass is 32.2. The molecule has 0 aliphatic carbocycles. The zero-order valence-corrected chi connectivity index (χ0v) is 16.3. The van der Waals surface area contributed by atoms with Crippen molar-refractivity contribution in [2.75, 3.05) is 17.1 Å². The van der Waals surface area contributed by atoms with E-state index in [1.165, 1.54) is 19.2 Å². The Labute approximate surface area is 164 Å². The van der Waals surface area contributed by atoms with Crippen molar-refractivity contribution in [3.63, 3.8) is 0 Å². The lowest BCUT2D eigenvalue weighted by molar-refractivity contribution is 0.102. The normalized spacial score (nSPS) is 10.9. The van der Waals surface area contributed by atoms with Gasteiger partial charge in [-0.3, -0.25) is 9.52 Å². The molecular formula is C21H20N2O4S. The summed E-state index contributed by atoms with van der Waals surface area (Å²) in [5, 5.41) is 2.77. The number of ether oxygens (including phenoxy) is 1. The van der Waals surface area contributed by atoms with Crippen LogP contribution in [0, 0.1) is 6.92 Å². The number of nitrogens with one attached hydrogen (secondary N) is 2. The van der Waals surface area contributed by atoms with Crippen LogP contribution in [0.15, 0.2) is 77.7 Å².